The Morgan fingerprint density at radius 3 is 2.35 bits per heavy atom. The van der Waals surface area contributed by atoms with E-state index in [0.29, 0.717) is 13.0 Å². The predicted octanol–water partition coefficient (Wildman–Crippen LogP) is 3.24. The third-order valence-corrected chi connectivity index (χ3v) is 3.39. The van der Waals surface area contributed by atoms with Gasteiger partial charge in [0.2, 0.25) is 0 Å². The van der Waals surface area contributed by atoms with Crippen molar-refractivity contribution in [2.24, 2.45) is 0 Å². The van der Waals surface area contributed by atoms with Crippen molar-refractivity contribution in [3.05, 3.63) is 71.3 Å². The maximum Gasteiger partial charge on any atom is 0.151 e. The van der Waals surface area contributed by atoms with E-state index in [4.69, 9.17) is 0 Å². The number of carbonyl (C=O) groups is 1. The molecule has 0 aliphatic carbocycles. The smallest absolute Gasteiger partial charge is 0.151 e. The maximum atomic E-state index is 12.1. The van der Waals surface area contributed by atoms with E-state index in [1.54, 1.807) is 0 Å². The Bertz CT molecular complexity index is 563. The van der Waals surface area contributed by atoms with Crippen LogP contribution in [0.5, 0.6) is 0 Å². The van der Waals surface area contributed by atoms with Gasteiger partial charge in [0.05, 0.1) is 6.54 Å². The molecule has 2 heteroatoms. The summed E-state index contributed by atoms with van der Waals surface area (Å²) in [6.07, 6.45) is 0.513. The van der Waals surface area contributed by atoms with E-state index in [-0.39, 0.29) is 5.78 Å². The minimum absolute atomic E-state index is 0.257. The van der Waals surface area contributed by atoms with E-state index in [9.17, 15) is 4.79 Å². The van der Waals surface area contributed by atoms with Gasteiger partial charge in [-0.15, -0.1) is 0 Å². The first-order valence-corrected chi connectivity index (χ1v) is 6.94. The van der Waals surface area contributed by atoms with Gasteiger partial charge in [-0.3, -0.25) is 9.69 Å². The molecule has 0 heterocycles. The summed E-state index contributed by atoms with van der Waals surface area (Å²) in [6, 6.07) is 18.2. The Labute approximate surface area is 121 Å². The van der Waals surface area contributed by atoms with Crippen LogP contribution in [0.4, 0.5) is 0 Å². The number of carbonyl (C=O) groups excluding carboxylic acids is 1. The highest BCUT2D eigenvalue weighted by Crippen LogP contribution is 2.09. The van der Waals surface area contributed by atoms with Crippen LogP contribution in [0.3, 0.4) is 0 Å². The second kappa shape index (κ2) is 7.01. The fraction of sp³-hybridized carbons (Fsp3) is 0.278. The first kappa shape index (κ1) is 14.5. The predicted molar refractivity (Wildman–Crippen MR) is 82.7 cm³/mol. The summed E-state index contributed by atoms with van der Waals surface area (Å²) in [4.78, 5) is 14.1. The van der Waals surface area contributed by atoms with Crippen LogP contribution in [0, 0.1) is 6.92 Å². The minimum atomic E-state index is 0.257. The van der Waals surface area contributed by atoms with Crippen LogP contribution in [0.1, 0.15) is 16.7 Å². The van der Waals surface area contributed by atoms with Gasteiger partial charge in [-0.25, -0.2) is 0 Å². The second-order valence-corrected chi connectivity index (χ2v) is 5.30. The van der Waals surface area contributed by atoms with Gasteiger partial charge in [-0.1, -0.05) is 54.6 Å². The average molecular weight is 267 g/mol. The maximum absolute atomic E-state index is 12.1. The van der Waals surface area contributed by atoms with Crippen LogP contribution >= 0.6 is 0 Å². The number of benzene rings is 2. The third kappa shape index (κ3) is 4.32. The lowest BCUT2D eigenvalue weighted by molar-refractivity contribution is -0.119. The molecule has 0 fully saturated rings. The van der Waals surface area contributed by atoms with Crippen LogP contribution in [0.15, 0.2) is 54.6 Å². The highest BCUT2D eigenvalue weighted by Gasteiger charge is 2.09. The Morgan fingerprint density at radius 1 is 1.00 bits per heavy atom. The summed E-state index contributed by atoms with van der Waals surface area (Å²) in [7, 11) is 2.00. The van der Waals surface area contributed by atoms with Gasteiger partial charge in [-0.2, -0.15) is 0 Å². The summed E-state index contributed by atoms with van der Waals surface area (Å²) < 4.78 is 0. The Balaban J connectivity index is 1.87. The van der Waals surface area contributed by atoms with Crippen LogP contribution in [-0.2, 0) is 17.8 Å². The van der Waals surface area contributed by atoms with Crippen molar-refractivity contribution >= 4 is 5.78 Å². The van der Waals surface area contributed by atoms with Gasteiger partial charge in [0.25, 0.3) is 0 Å². The summed E-state index contributed by atoms with van der Waals surface area (Å²) in [5.41, 5.74) is 3.64. The number of hydrogen-bond donors (Lipinski definition) is 0. The minimum Gasteiger partial charge on any atom is -0.298 e. The highest BCUT2D eigenvalue weighted by atomic mass is 16.1. The van der Waals surface area contributed by atoms with Crippen molar-refractivity contribution in [1.29, 1.82) is 0 Å². The standard InChI is InChI=1S/C18H21NO/c1-15-8-6-7-11-17(15)13-19(2)14-18(20)12-16-9-4-3-5-10-16/h3-11H,12-14H2,1-2H3. The molecule has 20 heavy (non-hydrogen) atoms. The summed E-state index contributed by atoms with van der Waals surface area (Å²) in [5, 5.41) is 0. The monoisotopic (exact) mass is 267 g/mol. The number of hydrogen-bond acceptors (Lipinski definition) is 2. The number of rotatable bonds is 6. The van der Waals surface area contributed by atoms with Gasteiger partial charge < -0.3 is 0 Å². The molecular formula is C18H21NO. The molecule has 2 aromatic carbocycles. The Hall–Kier alpha value is -1.93. The molecule has 0 N–H and O–H groups in total. The number of nitrogens with zero attached hydrogens (tertiary/aromatic N) is 1. The molecule has 2 nitrogen and oxygen atoms in total. The lowest BCUT2D eigenvalue weighted by Gasteiger charge is -2.17. The molecule has 0 radical (unpaired) electrons. The van der Waals surface area contributed by atoms with Crippen molar-refractivity contribution in [3.8, 4) is 0 Å². The van der Waals surface area contributed by atoms with E-state index in [0.717, 1.165) is 12.1 Å². The summed E-state index contributed by atoms with van der Waals surface area (Å²) in [6.45, 7) is 3.41. The summed E-state index contributed by atoms with van der Waals surface area (Å²) in [5.74, 6) is 0.257. The van der Waals surface area contributed by atoms with Gasteiger partial charge >= 0.3 is 0 Å². The molecule has 0 saturated carbocycles. The molecule has 0 bridgehead atoms. The molecular weight excluding hydrogens is 246 g/mol. The molecule has 2 aromatic rings. The second-order valence-electron chi connectivity index (χ2n) is 5.30. The van der Waals surface area contributed by atoms with E-state index < -0.39 is 0 Å². The molecule has 0 aliphatic rings. The molecule has 0 spiro atoms. The van der Waals surface area contributed by atoms with Gasteiger partial charge in [0, 0.05) is 13.0 Å². The largest absolute Gasteiger partial charge is 0.298 e. The molecule has 2 rings (SSSR count). The van der Waals surface area contributed by atoms with Gasteiger partial charge in [-0.05, 0) is 30.7 Å². The zero-order valence-electron chi connectivity index (χ0n) is 12.2. The Kier molecular flexibility index (Phi) is 5.08. The van der Waals surface area contributed by atoms with Crippen LogP contribution in [0.25, 0.3) is 0 Å². The number of likely N-dealkylation sites (N-methyl/N-ethyl adjacent to an activating group) is 1. The van der Waals surface area contributed by atoms with E-state index in [1.165, 1.54) is 11.1 Å². The van der Waals surface area contributed by atoms with Crippen molar-refractivity contribution in [3.63, 3.8) is 0 Å². The number of aryl methyl sites for hydroxylation is 1. The SMILES string of the molecule is Cc1ccccc1CN(C)CC(=O)Cc1ccccc1. The Morgan fingerprint density at radius 2 is 1.65 bits per heavy atom. The van der Waals surface area contributed by atoms with Gasteiger partial charge in [0.15, 0.2) is 5.78 Å². The van der Waals surface area contributed by atoms with E-state index in [2.05, 4.69) is 24.0 Å². The van der Waals surface area contributed by atoms with E-state index >= 15 is 0 Å². The molecule has 0 saturated heterocycles. The molecule has 0 amide bonds. The van der Waals surface area contributed by atoms with Crippen molar-refractivity contribution in [2.45, 2.75) is 19.9 Å². The fourth-order valence-corrected chi connectivity index (χ4v) is 2.31. The normalized spacial score (nSPS) is 10.8. The first-order chi connectivity index (χ1) is 9.65. The zero-order valence-corrected chi connectivity index (χ0v) is 12.2. The molecule has 0 unspecified atom stereocenters. The topological polar surface area (TPSA) is 20.3 Å². The molecule has 0 atom stereocenters. The van der Waals surface area contributed by atoms with Crippen LogP contribution in [-0.4, -0.2) is 24.3 Å². The van der Waals surface area contributed by atoms with Crippen molar-refractivity contribution in [2.75, 3.05) is 13.6 Å². The molecule has 0 aromatic heterocycles. The van der Waals surface area contributed by atoms with E-state index in [1.807, 2.05) is 49.5 Å². The molecule has 104 valence electrons. The fourth-order valence-electron chi connectivity index (χ4n) is 2.31. The lowest BCUT2D eigenvalue weighted by Crippen LogP contribution is -2.26. The number of Topliss-reactive ketones (excluding diaryl/α,β-unsaturated/α-hetero) is 1. The summed E-state index contributed by atoms with van der Waals surface area (Å²) >= 11 is 0. The third-order valence-electron chi connectivity index (χ3n) is 3.39. The highest BCUT2D eigenvalue weighted by molar-refractivity contribution is 5.82. The quantitative estimate of drug-likeness (QED) is 0.801. The molecule has 0 aliphatic heterocycles. The van der Waals surface area contributed by atoms with Crippen LogP contribution in [0.2, 0.25) is 0 Å². The lowest BCUT2D eigenvalue weighted by atomic mass is 10.1. The van der Waals surface area contributed by atoms with Crippen molar-refractivity contribution < 1.29 is 4.79 Å². The van der Waals surface area contributed by atoms with Gasteiger partial charge in [0.1, 0.15) is 0 Å². The number of ketones is 1. The van der Waals surface area contributed by atoms with Crippen LogP contribution < -0.4 is 0 Å². The zero-order chi connectivity index (χ0) is 14.4. The average Bonchev–Trinajstić information content (AvgIpc) is 2.42. The first-order valence-electron chi connectivity index (χ1n) is 6.94. The van der Waals surface area contributed by atoms with Crippen molar-refractivity contribution in [1.82, 2.24) is 4.90 Å².